The van der Waals surface area contributed by atoms with E-state index >= 15 is 0 Å². The fourth-order valence-corrected chi connectivity index (χ4v) is 2.27. The summed E-state index contributed by atoms with van der Waals surface area (Å²) in [6.07, 6.45) is 0. The standard InChI is InChI=1S/C11H10N2S/c1-9-3-2-4-10(5-9)13-8-14-7-11(13)6-12/h2-5,7H,8H2,1H3. The molecular weight excluding hydrogens is 192 g/mol. The van der Waals surface area contributed by atoms with E-state index in [1.54, 1.807) is 11.8 Å². The van der Waals surface area contributed by atoms with Crippen LogP contribution in [0.4, 0.5) is 5.69 Å². The Kier molecular flexibility index (Phi) is 2.47. The van der Waals surface area contributed by atoms with E-state index in [1.165, 1.54) is 5.56 Å². The predicted octanol–water partition coefficient (Wildman–Crippen LogP) is 2.87. The lowest BCUT2D eigenvalue weighted by Gasteiger charge is -2.17. The molecule has 0 atom stereocenters. The predicted molar refractivity (Wildman–Crippen MR) is 59.8 cm³/mol. The van der Waals surface area contributed by atoms with E-state index in [9.17, 15) is 0 Å². The van der Waals surface area contributed by atoms with Crippen LogP contribution in [0.25, 0.3) is 0 Å². The van der Waals surface area contributed by atoms with Crippen molar-refractivity contribution in [2.24, 2.45) is 0 Å². The fraction of sp³-hybridized carbons (Fsp3) is 0.182. The zero-order chi connectivity index (χ0) is 9.97. The number of aryl methyl sites for hydroxylation is 1. The first-order chi connectivity index (χ1) is 6.81. The van der Waals surface area contributed by atoms with Crippen LogP contribution in [0.2, 0.25) is 0 Å². The Hall–Kier alpha value is -1.40. The quantitative estimate of drug-likeness (QED) is 0.700. The van der Waals surface area contributed by atoms with Gasteiger partial charge in [-0.3, -0.25) is 0 Å². The molecule has 2 rings (SSSR count). The number of nitriles is 1. The van der Waals surface area contributed by atoms with Crippen LogP contribution in [-0.4, -0.2) is 5.88 Å². The molecule has 0 saturated carbocycles. The zero-order valence-electron chi connectivity index (χ0n) is 7.90. The lowest BCUT2D eigenvalue weighted by molar-refractivity contribution is 1.13. The Morgan fingerprint density at radius 1 is 1.50 bits per heavy atom. The number of hydrogen-bond acceptors (Lipinski definition) is 3. The SMILES string of the molecule is Cc1cccc(N2CSC=C2C#N)c1. The number of benzene rings is 1. The molecule has 14 heavy (non-hydrogen) atoms. The van der Waals surface area contributed by atoms with Gasteiger partial charge in [-0.05, 0) is 24.6 Å². The minimum Gasteiger partial charge on any atom is -0.322 e. The number of allylic oxidation sites excluding steroid dienone is 1. The minimum absolute atomic E-state index is 0.737. The van der Waals surface area contributed by atoms with Gasteiger partial charge in [0, 0.05) is 11.1 Å². The smallest absolute Gasteiger partial charge is 0.127 e. The normalized spacial score (nSPS) is 15.1. The second-order valence-corrected chi connectivity index (χ2v) is 4.00. The Morgan fingerprint density at radius 3 is 3.07 bits per heavy atom. The van der Waals surface area contributed by atoms with Gasteiger partial charge in [0.25, 0.3) is 0 Å². The molecule has 0 aromatic heterocycles. The molecule has 1 aromatic rings. The zero-order valence-corrected chi connectivity index (χ0v) is 8.71. The van der Waals surface area contributed by atoms with E-state index in [0.717, 1.165) is 17.3 Å². The third-order valence-electron chi connectivity index (χ3n) is 2.12. The van der Waals surface area contributed by atoms with Crippen LogP contribution < -0.4 is 4.90 Å². The second kappa shape index (κ2) is 3.77. The van der Waals surface area contributed by atoms with Gasteiger partial charge < -0.3 is 4.90 Å². The van der Waals surface area contributed by atoms with Gasteiger partial charge in [0.05, 0.1) is 5.88 Å². The summed E-state index contributed by atoms with van der Waals surface area (Å²) in [5.74, 6) is 0.840. The molecule has 3 heteroatoms. The molecule has 70 valence electrons. The van der Waals surface area contributed by atoms with Crippen molar-refractivity contribution in [2.45, 2.75) is 6.92 Å². The van der Waals surface area contributed by atoms with Gasteiger partial charge in [-0.15, -0.1) is 11.8 Å². The van der Waals surface area contributed by atoms with Crippen LogP contribution >= 0.6 is 11.8 Å². The number of hydrogen-bond donors (Lipinski definition) is 0. The Labute approximate surface area is 87.8 Å². The average molecular weight is 202 g/mol. The monoisotopic (exact) mass is 202 g/mol. The van der Waals surface area contributed by atoms with Crippen LogP contribution in [0, 0.1) is 18.3 Å². The van der Waals surface area contributed by atoms with E-state index in [4.69, 9.17) is 5.26 Å². The van der Waals surface area contributed by atoms with Gasteiger partial charge in [-0.25, -0.2) is 0 Å². The van der Waals surface area contributed by atoms with Crippen LogP contribution in [0.3, 0.4) is 0 Å². The van der Waals surface area contributed by atoms with E-state index in [0.29, 0.717) is 0 Å². The first-order valence-corrected chi connectivity index (χ1v) is 5.42. The molecule has 1 aromatic carbocycles. The molecule has 0 unspecified atom stereocenters. The molecular formula is C11H10N2S. The minimum atomic E-state index is 0.737. The van der Waals surface area contributed by atoms with Crippen LogP contribution in [0.5, 0.6) is 0 Å². The van der Waals surface area contributed by atoms with Gasteiger partial charge >= 0.3 is 0 Å². The molecule has 0 spiro atoms. The van der Waals surface area contributed by atoms with Crippen molar-refractivity contribution in [2.75, 3.05) is 10.8 Å². The summed E-state index contributed by atoms with van der Waals surface area (Å²) in [5.41, 5.74) is 3.06. The van der Waals surface area contributed by atoms with Crippen LogP contribution in [-0.2, 0) is 0 Å². The van der Waals surface area contributed by atoms with Gasteiger partial charge in [0.2, 0.25) is 0 Å². The van der Waals surface area contributed by atoms with Crippen LogP contribution in [0.15, 0.2) is 35.4 Å². The highest BCUT2D eigenvalue weighted by Gasteiger charge is 2.16. The first-order valence-electron chi connectivity index (χ1n) is 4.37. The van der Waals surface area contributed by atoms with Crippen molar-refractivity contribution >= 4 is 17.4 Å². The molecule has 0 fully saturated rings. The molecule has 1 heterocycles. The maximum atomic E-state index is 8.89. The van der Waals surface area contributed by atoms with Crippen molar-refractivity contribution in [3.8, 4) is 6.07 Å². The number of nitrogens with zero attached hydrogens (tertiary/aromatic N) is 2. The summed E-state index contributed by atoms with van der Waals surface area (Å²) in [5, 5.41) is 10.8. The van der Waals surface area contributed by atoms with Gasteiger partial charge in [-0.1, -0.05) is 12.1 Å². The Morgan fingerprint density at radius 2 is 2.36 bits per heavy atom. The molecule has 0 radical (unpaired) electrons. The van der Waals surface area contributed by atoms with Gasteiger partial charge in [0.1, 0.15) is 11.8 Å². The van der Waals surface area contributed by atoms with Crippen LogP contribution in [0.1, 0.15) is 5.56 Å². The number of anilines is 1. The Balaban J connectivity index is 2.33. The summed E-state index contributed by atoms with van der Waals surface area (Å²) < 4.78 is 0. The van der Waals surface area contributed by atoms with E-state index in [-0.39, 0.29) is 0 Å². The topological polar surface area (TPSA) is 27.0 Å². The summed E-state index contributed by atoms with van der Waals surface area (Å²) in [7, 11) is 0. The number of thioether (sulfide) groups is 1. The molecule has 0 bridgehead atoms. The van der Waals surface area contributed by atoms with Crippen molar-refractivity contribution in [3.63, 3.8) is 0 Å². The van der Waals surface area contributed by atoms with Gasteiger partial charge in [-0.2, -0.15) is 5.26 Å². The highest BCUT2D eigenvalue weighted by atomic mass is 32.2. The maximum Gasteiger partial charge on any atom is 0.127 e. The average Bonchev–Trinajstić information content (AvgIpc) is 2.65. The third kappa shape index (κ3) is 1.61. The van der Waals surface area contributed by atoms with Crippen molar-refractivity contribution in [1.29, 1.82) is 5.26 Å². The van der Waals surface area contributed by atoms with E-state index in [1.807, 2.05) is 22.4 Å². The molecule has 2 nitrogen and oxygen atoms in total. The van der Waals surface area contributed by atoms with E-state index in [2.05, 4.69) is 25.1 Å². The highest BCUT2D eigenvalue weighted by molar-refractivity contribution is 8.02. The molecule has 1 aliphatic heterocycles. The van der Waals surface area contributed by atoms with Crippen molar-refractivity contribution < 1.29 is 0 Å². The summed E-state index contributed by atoms with van der Waals surface area (Å²) in [4.78, 5) is 2.03. The third-order valence-corrected chi connectivity index (χ3v) is 2.91. The number of rotatable bonds is 1. The summed E-state index contributed by atoms with van der Waals surface area (Å²) in [6.45, 7) is 2.06. The van der Waals surface area contributed by atoms with Crippen molar-refractivity contribution in [3.05, 3.63) is 40.9 Å². The lowest BCUT2D eigenvalue weighted by atomic mass is 10.2. The van der Waals surface area contributed by atoms with E-state index < -0.39 is 0 Å². The second-order valence-electron chi connectivity index (χ2n) is 3.18. The molecule has 1 aliphatic rings. The lowest BCUT2D eigenvalue weighted by Crippen LogP contribution is -2.16. The molecule has 0 saturated heterocycles. The van der Waals surface area contributed by atoms with Gasteiger partial charge in [0.15, 0.2) is 0 Å². The fourth-order valence-electron chi connectivity index (χ4n) is 1.42. The molecule has 0 N–H and O–H groups in total. The summed E-state index contributed by atoms with van der Waals surface area (Å²) >= 11 is 1.66. The molecule has 0 aliphatic carbocycles. The summed E-state index contributed by atoms with van der Waals surface area (Å²) in [6, 6.07) is 10.4. The molecule has 0 amide bonds. The highest BCUT2D eigenvalue weighted by Crippen LogP contribution is 2.29. The van der Waals surface area contributed by atoms with Crippen molar-refractivity contribution in [1.82, 2.24) is 0 Å². The Bertz CT molecular complexity index is 418. The first kappa shape index (κ1) is 9.17. The maximum absolute atomic E-state index is 8.89. The largest absolute Gasteiger partial charge is 0.322 e.